The number of halogens is 1. The number of nitrogens with two attached hydrogens (primary N) is 1. The number of hydrogen-bond acceptors (Lipinski definition) is 7. The van der Waals surface area contributed by atoms with E-state index in [1.54, 1.807) is 46.3 Å². The summed E-state index contributed by atoms with van der Waals surface area (Å²) in [6, 6.07) is 15.1. The Labute approximate surface area is 203 Å². The number of ether oxygens (including phenoxy) is 1. The van der Waals surface area contributed by atoms with E-state index in [1.807, 2.05) is 19.1 Å². The highest BCUT2D eigenvalue weighted by molar-refractivity contribution is 7.99. The number of benzene rings is 2. The molecule has 0 saturated carbocycles. The van der Waals surface area contributed by atoms with Gasteiger partial charge in [-0.2, -0.15) is 0 Å². The van der Waals surface area contributed by atoms with Crippen LogP contribution >= 0.6 is 23.1 Å². The van der Waals surface area contributed by atoms with Gasteiger partial charge in [0.05, 0.1) is 23.6 Å². The van der Waals surface area contributed by atoms with Crippen LogP contribution in [-0.2, 0) is 4.79 Å². The molecule has 174 valence electrons. The fraction of sp³-hybridized carbons (Fsp3) is 0.130. The van der Waals surface area contributed by atoms with Crippen molar-refractivity contribution in [2.75, 3.05) is 17.7 Å². The topological polar surface area (TPSA) is 112 Å². The number of carbonyl (C=O) groups excluding carboxylic acids is 2. The fourth-order valence-corrected chi connectivity index (χ4v) is 4.71. The van der Waals surface area contributed by atoms with Crippen LogP contribution in [0.15, 0.2) is 65.1 Å². The Morgan fingerprint density at radius 2 is 1.91 bits per heavy atom. The first-order chi connectivity index (χ1) is 16.5. The van der Waals surface area contributed by atoms with Crippen LogP contribution in [0, 0.1) is 5.82 Å². The molecule has 2 amide bonds. The van der Waals surface area contributed by atoms with Crippen LogP contribution in [0.25, 0.3) is 17.1 Å². The zero-order valence-electron chi connectivity index (χ0n) is 18.0. The summed E-state index contributed by atoms with van der Waals surface area (Å²) in [5, 5.41) is 13.5. The molecule has 0 unspecified atom stereocenters. The highest BCUT2D eigenvalue weighted by atomic mass is 32.2. The average molecular weight is 498 g/mol. The molecule has 0 aliphatic carbocycles. The number of hydrogen-bond donors (Lipinski definition) is 2. The number of nitrogens with zero attached hydrogens (tertiary/aromatic N) is 3. The summed E-state index contributed by atoms with van der Waals surface area (Å²) in [5.74, 6) is -0.343. The van der Waals surface area contributed by atoms with Crippen LogP contribution in [0.5, 0.6) is 5.75 Å². The molecule has 2 heterocycles. The van der Waals surface area contributed by atoms with Gasteiger partial charge >= 0.3 is 0 Å². The van der Waals surface area contributed by atoms with Crippen molar-refractivity contribution in [3.05, 3.63) is 71.4 Å². The number of para-hydroxylation sites is 1. The Hall–Kier alpha value is -3.70. The van der Waals surface area contributed by atoms with Crippen molar-refractivity contribution in [3.63, 3.8) is 0 Å². The number of thiophene rings is 1. The monoisotopic (exact) mass is 497 g/mol. The summed E-state index contributed by atoms with van der Waals surface area (Å²) in [6.45, 7) is 2.44. The second kappa shape index (κ2) is 10.5. The molecule has 0 radical (unpaired) electrons. The van der Waals surface area contributed by atoms with Gasteiger partial charge in [-0.15, -0.1) is 21.5 Å². The Kier molecular flexibility index (Phi) is 7.24. The van der Waals surface area contributed by atoms with Crippen molar-refractivity contribution >= 4 is 39.9 Å². The van der Waals surface area contributed by atoms with Crippen molar-refractivity contribution in [1.29, 1.82) is 0 Å². The van der Waals surface area contributed by atoms with E-state index in [0.717, 1.165) is 11.8 Å². The van der Waals surface area contributed by atoms with Gasteiger partial charge < -0.3 is 15.8 Å². The van der Waals surface area contributed by atoms with E-state index < -0.39 is 11.7 Å². The Bertz CT molecular complexity index is 1320. The maximum atomic E-state index is 14.7. The number of nitrogens with one attached hydrogen (secondary N) is 1. The molecule has 11 heteroatoms. The van der Waals surface area contributed by atoms with E-state index >= 15 is 0 Å². The molecule has 4 aromatic rings. The van der Waals surface area contributed by atoms with Crippen molar-refractivity contribution in [2.24, 2.45) is 5.73 Å². The first-order valence-electron chi connectivity index (χ1n) is 10.2. The van der Waals surface area contributed by atoms with Gasteiger partial charge in [-0.3, -0.25) is 14.2 Å². The normalized spacial score (nSPS) is 10.8. The van der Waals surface area contributed by atoms with Gasteiger partial charge in [-0.25, -0.2) is 4.39 Å². The van der Waals surface area contributed by atoms with E-state index in [2.05, 4.69) is 15.5 Å². The smallest absolute Gasteiger partial charge is 0.251 e. The van der Waals surface area contributed by atoms with Crippen molar-refractivity contribution in [1.82, 2.24) is 14.8 Å². The SMILES string of the molecule is CCOc1ccc(-c2nnc(SCC(=O)Nc3sccc3C(N)=O)n2-c2ccccc2F)cc1. The zero-order chi connectivity index (χ0) is 24.1. The number of anilines is 1. The number of primary amides is 1. The van der Waals surface area contributed by atoms with Gasteiger partial charge in [-0.1, -0.05) is 23.9 Å². The van der Waals surface area contributed by atoms with Gasteiger partial charge in [0.15, 0.2) is 11.0 Å². The molecule has 2 aromatic heterocycles. The third kappa shape index (κ3) is 5.10. The van der Waals surface area contributed by atoms with Gasteiger partial charge in [0.2, 0.25) is 5.91 Å². The lowest BCUT2D eigenvalue weighted by atomic mass is 10.2. The molecule has 0 bridgehead atoms. The van der Waals surface area contributed by atoms with Crippen LogP contribution in [0.2, 0.25) is 0 Å². The molecule has 8 nitrogen and oxygen atoms in total. The van der Waals surface area contributed by atoms with Crippen LogP contribution < -0.4 is 15.8 Å². The summed E-state index contributed by atoms with van der Waals surface area (Å²) in [4.78, 5) is 24.0. The lowest BCUT2D eigenvalue weighted by Crippen LogP contribution is -2.18. The first-order valence-corrected chi connectivity index (χ1v) is 12.1. The summed E-state index contributed by atoms with van der Waals surface area (Å²) in [5.41, 5.74) is 6.54. The summed E-state index contributed by atoms with van der Waals surface area (Å²) < 4.78 is 21.8. The third-order valence-electron chi connectivity index (χ3n) is 4.67. The number of rotatable bonds is 9. The molecule has 0 aliphatic heterocycles. The zero-order valence-corrected chi connectivity index (χ0v) is 19.7. The largest absolute Gasteiger partial charge is 0.494 e. The molecule has 0 aliphatic rings. The molecule has 0 atom stereocenters. The minimum Gasteiger partial charge on any atom is -0.494 e. The number of carbonyl (C=O) groups is 2. The lowest BCUT2D eigenvalue weighted by molar-refractivity contribution is -0.113. The van der Waals surface area contributed by atoms with E-state index in [0.29, 0.717) is 33.9 Å². The van der Waals surface area contributed by atoms with Crippen LogP contribution in [-0.4, -0.2) is 38.9 Å². The second-order valence-corrected chi connectivity index (χ2v) is 8.77. The molecular weight excluding hydrogens is 477 g/mol. The quantitative estimate of drug-likeness (QED) is 0.332. The molecule has 0 spiro atoms. The lowest BCUT2D eigenvalue weighted by Gasteiger charge is -2.12. The maximum Gasteiger partial charge on any atom is 0.251 e. The molecule has 0 saturated heterocycles. The highest BCUT2D eigenvalue weighted by Gasteiger charge is 2.20. The number of amides is 2. The molecule has 0 fully saturated rings. The number of aromatic nitrogens is 3. The Morgan fingerprint density at radius 3 is 2.62 bits per heavy atom. The van der Waals surface area contributed by atoms with Crippen LogP contribution in [0.3, 0.4) is 0 Å². The van der Waals surface area contributed by atoms with Gasteiger partial charge in [0.25, 0.3) is 5.91 Å². The molecular formula is C23H20FN5O3S2. The molecule has 3 N–H and O–H groups in total. The van der Waals surface area contributed by atoms with Gasteiger partial charge in [0.1, 0.15) is 16.6 Å². The summed E-state index contributed by atoms with van der Waals surface area (Å²) >= 11 is 2.30. The Balaban J connectivity index is 1.61. The van der Waals surface area contributed by atoms with Crippen LogP contribution in [0.4, 0.5) is 9.39 Å². The first kappa shape index (κ1) is 23.5. The minimum atomic E-state index is -0.622. The average Bonchev–Trinajstić information content (AvgIpc) is 3.46. The Morgan fingerprint density at radius 1 is 1.15 bits per heavy atom. The second-order valence-electron chi connectivity index (χ2n) is 6.91. The standard InChI is InChI=1S/C23H20FN5O3S2/c1-2-32-15-9-7-14(8-10-15)21-27-28-23(29(21)18-6-4-3-5-17(18)24)34-13-19(30)26-22-16(20(25)31)11-12-33-22/h3-12H,2,13H2,1H3,(H2,25,31)(H,26,30). The van der Waals surface area contributed by atoms with Crippen LogP contribution in [0.1, 0.15) is 17.3 Å². The van der Waals surface area contributed by atoms with E-state index in [4.69, 9.17) is 10.5 Å². The van der Waals surface area contributed by atoms with E-state index in [9.17, 15) is 14.0 Å². The summed E-state index contributed by atoms with van der Waals surface area (Å²) in [6.07, 6.45) is 0. The highest BCUT2D eigenvalue weighted by Crippen LogP contribution is 2.30. The summed E-state index contributed by atoms with van der Waals surface area (Å²) in [7, 11) is 0. The minimum absolute atomic E-state index is 0.0357. The van der Waals surface area contributed by atoms with E-state index in [1.165, 1.54) is 17.4 Å². The molecule has 2 aromatic carbocycles. The van der Waals surface area contributed by atoms with Gasteiger partial charge in [-0.05, 0) is 54.8 Å². The fourth-order valence-electron chi connectivity index (χ4n) is 3.16. The molecule has 4 rings (SSSR count). The van der Waals surface area contributed by atoms with Crippen molar-refractivity contribution in [3.8, 4) is 22.8 Å². The third-order valence-corrected chi connectivity index (χ3v) is 6.43. The van der Waals surface area contributed by atoms with Crippen molar-refractivity contribution < 1.29 is 18.7 Å². The van der Waals surface area contributed by atoms with Crippen molar-refractivity contribution in [2.45, 2.75) is 12.1 Å². The predicted molar refractivity (Wildman–Crippen MR) is 130 cm³/mol. The maximum absolute atomic E-state index is 14.7. The van der Waals surface area contributed by atoms with E-state index in [-0.39, 0.29) is 22.9 Å². The molecule has 34 heavy (non-hydrogen) atoms. The predicted octanol–water partition coefficient (Wildman–Crippen LogP) is 4.36. The number of thioether (sulfide) groups is 1. The van der Waals surface area contributed by atoms with Gasteiger partial charge in [0, 0.05) is 5.56 Å².